The molecule has 0 bridgehead atoms. The van der Waals surface area contributed by atoms with Gasteiger partial charge >= 0.3 is 5.97 Å². The normalized spacial score (nSPS) is 22.6. The lowest BCUT2D eigenvalue weighted by Gasteiger charge is -2.33. The van der Waals surface area contributed by atoms with E-state index in [0.717, 1.165) is 21.5 Å². The zero-order valence-electron chi connectivity index (χ0n) is 56.6. The fourth-order valence-electron chi connectivity index (χ4n) is 12.0. The van der Waals surface area contributed by atoms with Crippen molar-refractivity contribution in [1.82, 2.24) is 63.1 Å². The van der Waals surface area contributed by atoms with E-state index in [9.17, 15) is 63.0 Å². The summed E-state index contributed by atoms with van der Waals surface area (Å²) in [6.45, 7) is 4.93. The molecule has 11 amide bonds. The van der Waals surface area contributed by atoms with Crippen molar-refractivity contribution in [1.29, 1.82) is 0 Å². The lowest BCUT2D eigenvalue weighted by Crippen LogP contribution is -2.70. The van der Waals surface area contributed by atoms with Crippen molar-refractivity contribution in [2.45, 2.75) is 171 Å². The van der Waals surface area contributed by atoms with E-state index < -0.39 is 157 Å². The van der Waals surface area contributed by atoms with Crippen LogP contribution in [0.5, 0.6) is 0 Å². The van der Waals surface area contributed by atoms with Gasteiger partial charge in [0.1, 0.15) is 54.4 Å². The van der Waals surface area contributed by atoms with E-state index in [4.69, 9.17) is 17.2 Å². The maximum Gasteiger partial charge on any atom is 0.325 e. The first-order valence-electron chi connectivity index (χ1n) is 33.5. The summed E-state index contributed by atoms with van der Waals surface area (Å²) in [6, 6.07) is 15.7. The van der Waals surface area contributed by atoms with Crippen molar-refractivity contribution in [2.75, 3.05) is 26.2 Å². The first-order valence-corrected chi connectivity index (χ1v) is 33.5. The number of aromatic nitrogens is 1. The molecule has 0 radical (unpaired) electrons. The Morgan fingerprint density at radius 3 is 1.97 bits per heavy atom. The maximum atomic E-state index is 15.1. The molecular weight excluding hydrogens is 1290 g/mol. The minimum absolute atomic E-state index is 0.0000939. The number of hydrogen-bond donors (Lipinski definition) is 15. The predicted molar refractivity (Wildman–Crippen MR) is 370 cm³/mol. The van der Waals surface area contributed by atoms with Crippen molar-refractivity contribution in [3.8, 4) is 0 Å². The lowest BCUT2D eigenvalue weighted by molar-refractivity contribution is -0.144. The highest BCUT2D eigenvalue weighted by Crippen LogP contribution is 2.23. The van der Waals surface area contributed by atoms with Crippen LogP contribution in [0.4, 0.5) is 0 Å². The van der Waals surface area contributed by atoms with Gasteiger partial charge in [-0.15, -0.1) is 0 Å². The number of aliphatic carboxylic acids is 1. The van der Waals surface area contributed by atoms with Crippen LogP contribution in [0.3, 0.4) is 0 Å². The number of rotatable bonds is 20. The molecule has 0 aliphatic carbocycles. The number of amides is 11. The Morgan fingerprint density at radius 2 is 1.33 bits per heavy atom. The number of aliphatic imine (C=N–C) groups is 1. The summed E-state index contributed by atoms with van der Waals surface area (Å²) in [5, 5.41) is 50.3. The topological polar surface area (TPSA) is 472 Å². The number of nitrogens with one attached hydrogen (secondary N) is 10. The SMILES string of the molecule is CC(=O)N[C@H](Cc1ccc2ccccc2c1)C(=O)N[C@@H]1CCC(=O)NCCCC[C@@H](C(=O)N2CCC[C@H]2C(=O)N[C@H](C)C(=O)O)NC(=O)[C@H](CC(C)C)NC(=O)[C@@H](Cc2ccc3ccccc3c2)NC(=O)[C@H](CCCN=C(N)N)NC(=O)[C@H](CO)NC(=O)[C@@](N)(Cc2cccnc2)NC1=O. The van der Waals surface area contributed by atoms with Gasteiger partial charge in [-0.3, -0.25) is 67.5 Å². The molecule has 10 atom stereocenters. The Hall–Kier alpha value is -10.6. The van der Waals surface area contributed by atoms with Crippen molar-refractivity contribution in [3.63, 3.8) is 0 Å². The molecule has 0 spiro atoms. The molecule has 5 aromatic rings. The average molecular weight is 1380 g/mol. The molecule has 2 aliphatic heterocycles. The summed E-state index contributed by atoms with van der Waals surface area (Å²) < 4.78 is 0. The molecule has 2 aliphatic rings. The van der Waals surface area contributed by atoms with E-state index in [0.29, 0.717) is 17.5 Å². The van der Waals surface area contributed by atoms with Crippen LogP contribution in [0.25, 0.3) is 21.5 Å². The molecule has 100 heavy (non-hydrogen) atoms. The van der Waals surface area contributed by atoms with E-state index in [1.54, 1.807) is 26.0 Å². The van der Waals surface area contributed by atoms with Crippen LogP contribution in [0.15, 0.2) is 114 Å². The van der Waals surface area contributed by atoms with E-state index in [1.165, 1.54) is 43.3 Å². The maximum absolute atomic E-state index is 15.1. The third kappa shape index (κ3) is 22.7. The molecule has 4 aromatic carbocycles. The minimum Gasteiger partial charge on any atom is -0.480 e. The summed E-state index contributed by atoms with van der Waals surface area (Å²) >= 11 is 0. The highest BCUT2D eigenvalue weighted by atomic mass is 16.4. The molecule has 18 N–H and O–H groups in total. The van der Waals surface area contributed by atoms with E-state index in [2.05, 4.69) is 63.1 Å². The number of guanidine groups is 1. The van der Waals surface area contributed by atoms with Crippen molar-refractivity contribution in [3.05, 3.63) is 126 Å². The van der Waals surface area contributed by atoms with Crippen LogP contribution in [-0.2, 0) is 76.8 Å². The molecule has 0 unspecified atom stereocenters. The van der Waals surface area contributed by atoms with E-state index >= 15 is 4.79 Å². The van der Waals surface area contributed by atoms with Crippen LogP contribution in [0, 0.1) is 5.92 Å². The van der Waals surface area contributed by atoms with Crippen LogP contribution >= 0.6 is 0 Å². The summed E-state index contributed by atoms with van der Waals surface area (Å²) in [6.07, 6.45) is 1.72. The Bertz CT molecular complexity index is 3800. The van der Waals surface area contributed by atoms with Crippen LogP contribution in [0.2, 0.25) is 0 Å². The zero-order valence-corrected chi connectivity index (χ0v) is 56.6. The molecular formula is C70H92N16O14. The summed E-state index contributed by atoms with van der Waals surface area (Å²) in [4.78, 5) is 180. The number of fused-ring (bicyclic) bond motifs is 2. The second kappa shape index (κ2) is 36.8. The van der Waals surface area contributed by atoms with E-state index in [-0.39, 0.29) is 94.9 Å². The molecule has 30 nitrogen and oxygen atoms in total. The molecule has 2 fully saturated rings. The highest BCUT2D eigenvalue weighted by molar-refractivity contribution is 6.00. The standard InChI is InChI=1S/C70H92N16O14/c1-40(2)32-53-60(91)81-52(66(97)86-31-13-21-57(86)65(96)77-41(3)67(98)99)19-9-10-29-75-58(89)27-26-51(80-61(92)54(78-42(4)88)35-43-22-24-46-15-5-7-17-48(46)33-43)64(95)85-70(73,37-45-14-11-28-74-38-45)68(100)84-56(39-87)63(94)79-50(20-12-30-76-69(71)72)59(90)83-55(62(93)82-53)36-44-23-25-47-16-6-8-18-49(47)34-44/h5-8,11,14-18,22-25,28,33-34,38,40-41,50-57,87H,9-10,12-13,19-21,26-27,29-32,35-37,39,73H2,1-4H3,(H,75,89)(H,77,96)(H,78,88)(H,79,94)(H,80,92)(H,81,91)(H,82,93)(H,83,90)(H,84,100)(H,85,95)(H,98,99)(H4,71,72,76)/t41-,50+,51-,52+,53+,54-,55-,56+,57+,70-/m1/s1. The summed E-state index contributed by atoms with van der Waals surface area (Å²) in [7, 11) is 0. The first kappa shape index (κ1) is 76.7. The molecule has 30 heteroatoms. The van der Waals surface area contributed by atoms with Crippen LogP contribution in [-0.4, -0.2) is 183 Å². The zero-order chi connectivity index (χ0) is 72.6. The van der Waals surface area contributed by atoms with Crippen LogP contribution < -0.4 is 70.4 Å². The van der Waals surface area contributed by atoms with Crippen molar-refractivity contribution in [2.24, 2.45) is 28.1 Å². The van der Waals surface area contributed by atoms with Gasteiger partial charge in [-0.1, -0.05) is 105 Å². The van der Waals surface area contributed by atoms with Gasteiger partial charge in [0.2, 0.25) is 59.1 Å². The van der Waals surface area contributed by atoms with Crippen molar-refractivity contribution >= 4 is 98.5 Å². The van der Waals surface area contributed by atoms with Gasteiger partial charge in [-0.05, 0) is 115 Å². The van der Waals surface area contributed by atoms with Gasteiger partial charge in [-0.2, -0.15) is 0 Å². The molecule has 1 aromatic heterocycles. The predicted octanol–water partition coefficient (Wildman–Crippen LogP) is -0.647. The molecule has 3 heterocycles. The summed E-state index contributed by atoms with van der Waals surface area (Å²) in [5.41, 5.74) is 17.1. The number of likely N-dealkylation sites (tertiary alicyclic amines) is 1. The smallest absolute Gasteiger partial charge is 0.325 e. The minimum atomic E-state index is -2.56. The van der Waals surface area contributed by atoms with Gasteiger partial charge in [0.15, 0.2) is 11.6 Å². The van der Waals surface area contributed by atoms with Crippen LogP contribution in [0.1, 0.15) is 109 Å². The summed E-state index contributed by atoms with van der Waals surface area (Å²) in [5.74, 6) is -11.5. The number of aliphatic hydroxyl groups excluding tert-OH is 1. The van der Waals surface area contributed by atoms with Gasteiger partial charge in [-0.25, -0.2) is 0 Å². The number of hydrogen-bond acceptors (Lipinski definition) is 16. The second-order valence-electron chi connectivity index (χ2n) is 25.8. The Kier molecular flexibility index (Phi) is 28.3. The van der Waals surface area contributed by atoms with Gasteiger partial charge < -0.3 is 85.5 Å². The number of carbonyl (C=O) groups is 12. The monoisotopic (exact) mass is 1380 g/mol. The van der Waals surface area contributed by atoms with Gasteiger partial charge in [0, 0.05) is 64.6 Å². The number of nitrogens with two attached hydrogens (primary N) is 3. The fourth-order valence-corrected chi connectivity index (χ4v) is 12.0. The Labute approximate surface area is 578 Å². The number of carbonyl (C=O) groups excluding carboxylic acids is 11. The number of carboxylic acid groups (broad SMARTS) is 1. The molecule has 0 saturated carbocycles. The van der Waals surface area contributed by atoms with Crippen molar-refractivity contribution < 1.29 is 67.7 Å². The van der Waals surface area contributed by atoms with E-state index in [1.807, 2.05) is 72.8 Å². The number of nitrogens with zero attached hydrogens (tertiary/aromatic N) is 3. The number of pyridine rings is 1. The average Bonchev–Trinajstić information content (AvgIpc) is 0.868. The van der Waals surface area contributed by atoms with Gasteiger partial charge in [0.25, 0.3) is 5.91 Å². The Morgan fingerprint density at radius 1 is 0.700 bits per heavy atom. The third-order valence-electron chi connectivity index (χ3n) is 17.2. The number of aliphatic hydroxyl groups is 1. The Balaban J connectivity index is 1.27. The third-order valence-corrected chi connectivity index (χ3v) is 17.2. The number of carboxylic acids is 1. The molecule has 2 saturated heterocycles. The fraction of sp³-hybridized carbons (Fsp3) is 0.457. The second-order valence-corrected chi connectivity index (χ2v) is 25.8. The first-order chi connectivity index (χ1) is 47.7. The van der Waals surface area contributed by atoms with Gasteiger partial charge in [0.05, 0.1) is 6.61 Å². The largest absolute Gasteiger partial charge is 0.480 e. The lowest BCUT2D eigenvalue weighted by atomic mass is 9.98. The quantitative estimate of drug-likeness (QED) is 0.0262. The highest BCUT2D eigenvalue weighted by Gasteiger charge is 2.43. The molecule has 7 rings (SSSR count). The molecule has 536 valence electrons. The number of benzene rings is 4.